The molecule has 1 N–H and O–H groups in total. The summed E-state index contributed by atoms with van der Waals surface area (Å²) in [5.74, 6) is -0.728. The van der Waals surface area contributed by atoms with E-state index in [1.165, 1.54) is 6.08 Å². The van der Waals surface area contributed by atoms with Gasteiger partial charge in [-0.25, -0.2) is 4.79 Å². The molecule has 1 unspecified atom stereocenters. The molecule has 0 aliphatic rings. The lowest BCUT2D eigenvalue weighted by Crippen LogP contribution is -2.30. The number of halogens is 1. The van der Waals surface area contributed by atoms with Crippen molar-refractivity contribution in [1.82, 2.24) is 15.1 Å². The number of nitrogens with one attached hydrogen (secondary N) is 1. The van der Waals surface area contributed by atoms with Crippen molar-refractivity contribution >= 4 is 27.8 Å². The van der Waals surface area contributed by atoms with Crippen LogP contribution in [-0.4, -0.2) is 28.3 Å². The van der Waals surface area contributed by atoms with Gasteiger partial charge in [-0.2, -0.15) is 5.10 Å². The van der Waals surface area contributed by atoms with E-state index >= 15 is 0 Å². The Bertz CT molecular complexity index is 517. The maximum Gasteiger partial charge on any atom is 0.332 e. The predicted octanol–water partition coefficient (Wildman–Crippen LogP) is 2.10. The van der Waals surface area contributed by atoms with Crippen LogP contribution >= 0.6 is 15.9 Å². The first-order chi connectivity index (χ1) is 9.35. The zero-order valence-corrected chi connectivity index (χ0v) is 13.5. The fourth-order valence-electron chi connectivity index (χ4n) is 1.47. The van der Waals surface area contributed by atoms with E-state index in [9.17, 15) is 9.59 Å². The van der Waals surface area contributed by atoms with Gasteiger partial charge in [0.05, 0.1) is 16.8 Å². The Balaban J connectivity index is 2.68. The molecule has 0 aliphatic heterocycles. The van der Waals surface area contributed by atoms with Crippen LogP contribution in [0.5, 0.6) is 0 Å². The topological polar surface area (TPSA) is 73.2 Å². The molecule has 0 aliphatic carbocycles. The summed E-state index contributed by atoms with van der Waals surface area (Å²) in [6.45, 7) is 7.22. The van der Waals surface area contributed by atoms with Gasteiger partial charge in [0.2, 0.25) is 5.91 Å². The number of nitrogens with zero attached hydrogens (tertiary/aromatic N) is 2. The lowest BCUT2D eigenvalue weighted by atomic mass is 10.3. The van der Waals surface area contributed by atoms with Crippen molar-refractivity contribution in [2.75, 3.05) is 6.61 Å². The van der Waals surface area contributed by atoms with E-state index in [0.29, 0.717) is 12.3 Å². The third kappa shape index (κ3) is 4.48. The van der Waals surface area contributed by atoms with E-state index in [1.807, 2.05) is 6.92 Å². The molecule has 110 valence electrons. The number of aryl methyl sites for hydroxylation is 1. The van der Waals surface area contributed by atoms with E-state index < -0.39 is 12.0 Å². The van der Waals surface area contributed by atoms with E-state index in [0.717, 1.165) is 10.2 Å². The Labute approximate surface area is 126 Å². The van der Waals surface area contributed by atoms with Gasteiger partial charge >= 0.3 is 5.97 Å². The molecule has 1 rings (SSSR count). The molecule has 0 saturated heterocycles. The van der Waals surface area contributed by atoms with E-state index in [-0.39, 0.29) is 5.91 Å². The van der Waals surface area contributed by atoms with Gasteiger partial charge in [0.1, 0.15) is 6.04 Å². The monoisotopic (exact) mass is 343 g/mol. The average molecular weight is 344 g/mol. The number of aromatic nitrogens is 2. The molecule has 1 aromatic rings. The van der Waals surface area contributed by atoms with Crippen molar-refractivity contribution in [3.8, 4) is 0 Å². The molecule has 0 aromatic carbocycles. The molecule has 0 saturated carbocycles. The van der Waals surface area contributed by atoms with Crippen LogP contribution in [0.3, 0.4) is 0 Å². The second kappa shape index (κ2) is 7.23. The van der Waals surface area contributed by atoms with Crippen molar-refractivity contribution < 1.29 is 14.3 Å². The van der Waals surface area contributed by atoms with Crippen molar-refractivity contribution in [1.29, 1.82) is 0 Å². The largest absolute Gasteiger partial charge is 0.463 e. The van der Waals surface area contributed by atoms with Gasteiger partial charge in [0.15, 0.2) is 0 Å². The Hall–Kier alpha value is -1.63. The van der Waals surface area contributed by atoms with Gasteiger partial charge in [0.25, 0.3) is 0 Å². The van der Waals surface area contributed by atoms with Crippen LogP contribution < -0.4 is 5.32 Å². The van der Waals surface area contributed by atoms with Crippen LogP contribution in [-0.2, 0) is 14.3 Å². The molecule has 0 bridgehead atoms. The quantitative estimate of drug-likeness (QED) is 0.656. The molecule has 1 aromatic heterocycles. The van der Waals surface area contributed by atoms with Crippen molar-refractivity contribution in [3.63, 3.8) is 0 Å². The minimum absolute atomic E-state index is 0.252. The number of carbonyl (C=O) groups excluding carboxylic acids is 2. The van der Waals surface area contributed by atoms with Gasteiger partial charge in [-0.05, 0) is 43.6 Å². The number of allylic oxidation sites excluding steroid dienone is 1. The van der Waals surface area contributed by atoms with Crippen LogP contribution in [0.15, 0.2) is 22.4 Å². The maximum atomic E-state index is 12.0. The number of carbonyl (C=O) groups is 2. The molecule has 6 nitrogen and oxygen atoms in total. The third-order valence-corrected chi connectivity index (χ3v) is 3.35. The summed E-state index contributed by atoms with van der Waals surface area (Å²) >= 11 is 3.35. The van der Waals surface area contributed by atoms with Crippen LogP contribution in [0.2, 0.25) is 0 Å². The van der Waals surface area contributed by atoms with Crippen molar-refractivity contribution in [2.45, 2.75) is 33.7 Å². The molecular formula is C13H18BrN3O3. The Morgan fingerprint density at radius 2 is 2.25 bits per heavy atom. The molecule has 7 heteroatoms. The van der Waals surface area contributed by atoms with Gasteiger partial charge in [0, 0.05) is 18.0 Å². The van der Waals surface area contributed by atoms with E-state index in [1.54, 1.807) is 31.6 Å². The second-order valence-corrected chi connectivity index (χ2v) is 5.14. The Kier molecular flexibility index (Phi) is 5.94. The first kappa shape index (κ1) is 16.4. The Morgan fingerprint density at radius 1 is 1.60 bits per heavy atom. The molecule has 1 atom stereocenters. The first-order valence-electron chi connectivity index (χ1n) is 6.22. The normalized spacial score (nSPS) is 12.9. The number of hydrogen-bond donors (Lipinski definition) is 1. The summed E-state index contributed by atoms with van der Waals surface area (Å²) in [6, 6.07) is -0.481. The SMILES string of the molecule is CCOC(=O)/C=C(\C)NC(=O)C(C)n1cc(Br)c(C)n1. The summed E-state index contributed by atoms with van der Waals surface area (Å²) in [5.41, 5.74) is 1.24. The van der Waals surface area contributed by atoms with E-state index in [4.69, 9.17) is 4.74 Å². The molecular weight excluding hydrogens is 326 g/mol. The number of esters is 1. The fraction of sp³-hybridized carbons (Fsp3) is 0.462. The highest BCUT2D eigenvalue weighted by atomic mass is 79.9. The summed E-state index contributed by atoms with van der Waals surface area (Å²) in [7, 11) is 0. The summed E-state index contributed by atoms with van der Waals surface area (Å²) < 4.78 is 7.17. The van der Waals surface area contributed by atoms with Crippen LogP contribution in [0.4, 0.5) is 0 Å². The number of rotatable bonds is 5. The van der Waals surface area contributed by atoms with Gasteiger partial charge in [-0.3, -0.25) is 9.48 Å². The number of ether oxygens (including phenoxy) is 1. The van der Waals surface area contributed by atoms with Crippen molar-refractivity contribution in [3.05, 3.63) is 28.1 Å². The first-order valence-corrected chi connectivity index (χ1v) is 7.01. The molecule has 0 radical (unpaired) electrons. The molecule has 1 amide bonds. The van der Waals surface area contributed by atoms with Crippen molar-refractivity contribution in [2.24, 2.45) is 0 Å². The molecule has 0 spiro atoms. The maximum absolute atomic E-state index is 12.0. The highest BCUT2D eigenvalue weighted by Crippen LogP contribution is 2.16. The smallest absolute Gasteiger partial charge is 0.332 e. The third-order valence-electron chi connectivity index (χ3n) is 2.57. The highest BCUT2D eigenvalue weighted by Gasteiger charge is 2.17. The summed E-state index contributed by atoms with van der Waals surface area (Å²) in [4.78, 5) is 23.3. The van der Waals surface area contributed by atoms with Crippen LogP contribution in [0, 0.1) is 6.92 Å². The average Bonchev–Trinajstić information content (AvgIpc) is 2.68. The van der Waals surface area contributed by atoms with Gasteiger partial charge < -0.3 is 10.1 Å². The molecule has 0 fully saturated rings. The number of amides is 1. The van der Waals surface area contributed by atoms with E-state index in [2.05, 4.69) is 26.3 Å². The summed E-state index contributed by atoms with van der Waals surface area (Å²) in [6.07, 6.45) is 2.99. The van der Waals surface area contributed by atoms with Crippen LogP contribution in [0.25, 0.3) is 0 Å². The zero-order valence-electron chi connectivity index (χ0n) is 11.9. The Morgan fingerprint density at radius 3 is 2.75 bits per heavy atom. The number of hydrogen-bond acceptors (Lipinski definition) is 4. The lowest BCUT2D eigenvalue weighted by molar-refractivity contribution is -0.137. The highest BCUT2D eigenvalue weighted by molar-refractivity contribution is 9.10. The standard InChI is InChI=1S/C13H18BrN3O3/c1-5-20-12(18)6-8(2)15-13(19)10(4)17-7-11(14)9(3)16-17/h6-7,10H,5H2,1-4H3,(H,15,19)/b8-6+. The minimum Gasteiger partial charge on any atom is -0.463 e. The molecule has 20 heavy (non-hydrogen) atoms. The fourth-order valence-corrected chi connectivity index (χ4v) is 1.76. The van der Waals surface area contributed by atoms with Gasteiger partial charge in [-0.1, -0.05) is 0 Å². The predicted molar refractivity (Wildman–Crippen MR) is 77.9 cm³/mol. The van der Waals surface area contributed by atoms with Gasteiger partial charge in [-0.15, -0.1) is 0 Å². The molecule has 1 heterocycles. The summed E-state index contributed by atoms with van der Waals surface area (Å²) in [5, 5.41) is 6.87. The van der Waals surface area contributed by atoms with Crippen LogP contribution in [0.1, 0.15) is 32.5 Å². The zero-order chi connectivity index (χ0) is 15.3. The lowest BCUT2D eigenvalue weighted by Gasteiger charge is -2.12. The second-order valence-electron chi connectivity index (χ2n) is 4.29. The minimum atomic E-state index is -0.481.